The van der Waals surface area contributed by atoms with E-state index in [2.05, 4.69) is 5.10 Å². The Kier molecular flexibility index (Phi) is 6.35. The molecule has 1 aromatic heterocycles. The number of amides is 1. The van der Waals surface area contributed by atoms with Gasteiger partial charge in [0.25, 0.3) is 5.91 Å². The average Bonchev–Trinajstić information content (AvgIpc) is 3.48. The highest BCUT2D eigenvalue weighted by molar-refractivity contribution is 6.03. The van der Waals surface area contributed by atoms with Gasteiger partial charge in [-0.1, -0.05) is 48.0 Å². The molecule has 7 nitrogen and oxygen atoms in total. The highest BCUT2D eigenvalue weighted by Crippen LogP contribution is 2.33. The summed E-state index contributed by atoms with van der Waals surface area (Å²) in [6, 6.07) is 20.1. The molecule has 0 N–H and O–H groups in total. The van der Waals surface area contributed by atoms with Gasteiger partial charge in [0.15, 0.2) is 12.7 Å². The number of rotatable bonds is 7. The lowest BCUT2D eigenvalue weighted by Crippen LogP contribution is -2.34. The molecule has 2 heterocycles. The van der Waals surface area contributed by atoms with Crippen molar-refractivity contribution in [1.29, 1.82) is 0 Å². The van der Waals surface area contributed by atoms with Gasteiger partial charge in [-0.25, -0.2) is 9.80 Å². The Bertz CT molecular complexity index is 1090. The molecule has 0 spiro atoms. The number of para-hydroxylation sites is 1. The lowest BCUT2D eigenvalue weighted by molar-refractivity contribution is -0.158. The average molecular weight is 432 g/mol. The van der Waals surface area contributed by atoms with E-state index in [0.717, 1.165) is 16.8 Å². The zero-order valence-corrected chi connectivity index (χ0v) is 17.9. The number of benzene rings is 2. The van der Waals surface area contributed by atoms with Crippen LogP contribution < -0.4 is 4.74 Å². The van der Waals surface area contributed by atoms with Crippen LogP contribution >= 0.6 is 0 Å². The predicted molar refractivity (Wildman–Crippen MR) is 118 cm³/mol. The molecule has 0 bridgehead atoms. The van der Waals surface area contributed by atoms with Gasteiger partial charge in [-0.2, -0.15) is 5.10 Å². The second kappa shape index (κ2) is 9.51. The second-order valence-electron chi connectivity index (χ2n) is 7.57. The maximum atomic E-state index is 12.9. The Morgan fingerprint density at radius 2 is 1.84 bits per heavy atom. The van der Waals surface area contributed by atoms with Crippen LogP contribution in [-0.4, -0.2) is 35.3 Å². The van der Waals surface area contributed by atoms with Gasteiger partial charge < -0.3 is 13.9 Å². The highest BCUT2D eigenvalue weighted by atomic mass is 16.6. The summed E-state index contributed by atoms with van der Waals surface area (Å²) < 4.78 is 16.3. The first kappa shape index (κ1) is 21.4. The Morgan fingerprint density at radius 3 is 2.53 bits per heavy atom. The molecule has 0 radical (unpaired) electrons. The first-order valence-corrected chi connectivity index (χ1v) is 10.4. The van der Waals surface area contributed by atoms with Crippen LogP contribution in [0.3, 0.4) is 0 Å². The van der Waals surface area contributed by atoms with Crippen LogP contribution in [0.4, 0.5) is 0 Å². The molecule has 3 aromatic rings. The fraction of sp³-hybridized carbons (Fsp3) is 0.240. The SMILES string of the molecule is Cc1ccc(C2=NN(C(=O)COC(=O)C(C)Oc3ccccc3)C(c3ccco3)C2)cc1. The van der Waals surface area contributed by atoms with Gasteiger partial charge >= 0.3 is 5.97 Å². The fourth-order valence-electron chi connectivity index (χ4n) is 3.43. The van der Waals surface area contributed by atoms with Crippen molar-refractivity contribution in [1.82, 2.24) is 5.01 Å². The molecule has 2 aromatic carbocycles. The van der Waals surface area contributed by atoms with E-state index in [1.54, 1.807) is 37.5 Å². The molecule has 164 valence electrons. The lowest BCUT2D eigenvalue weighted by Gasteiger charge is -2.20. The summed E-state index contributed by atoms with van der Waals surface area (Å²) >= 11 is 0. The number of carbonyl (C=O) groups is 2. The molecule has 0 saturated heterocycles. The summed E-state index contributed by atoms with van der Waals surface area (Å²) in [6.07, 6.45) is 1.21. The van der Waals surface area contributed by atoms with Gasteiger partial charge in [0, 0.05) is 6.42 Å². The van der Waals surface area contributed by atoms with E-state index < -0.39 is 30.6 Å². The van der Waals surface area contributed by atoms with Crippen LogP contribution in [0.25, 0.3) is 0 Å². The van der Waals surface area contributed by atoms with Crippen LogP contribution in [-0.2, 0) is 14.3 Å². The number of furan rings is 1. The summed E-state index contributed by atoms with van der Waals surface area (Å²) in [5.74, 6) is 0.108. The monoisotopic (exact) mass is 432 g/mol. The molecule has 4 rings (SSSR count). The molecule has 7 heteroatoms. The van der Waals surface area contributed by atoms with Crippen LogP contribution in [0.15, 0.2) is 82.5 Å². The highest BCUT2D eigenvalue weighted by Gasteiger charge is 2.35. The van der Waals surface area contributed by atoms with Crippen molar-refractivity contribution in [3.8, 4) is 5.75 Å². The first-order chi connectivity index (χ1) is 15.5. The van der Waals surface area contributed by atoms with Crippen molar-refractivity contribution in [3.05, 3.63) is 89.9 Å². The Balaban J connectivity index is 1.43. The minimum Gasteiger partial charge on any atom is -0.479 e. The number of ether oxygens (including phenoxy) is 2. The zero-order chi connectivity index (χ0) is 22.5. The second-order valence-corrected chi connectivity index (χ2v) is 7.57. The largest absolute Gasteiger partial charge is 0.479 e. The molecule has 0 fully saturated rings. The van der Waals surface area contributed by atoms with Gasteiger partial charge in [-0.05, 0) is 43.7 Å². The molecule has 32 heavy (non-hydrogen) atoms. The number of hydrazone groups is 1. The maximum Gasteiger partial charge on any atom is 0.347 e. The normalized spacial score (nSPS) is 16.4. The van der Waals surface area contributed by atoms with Crippen molar-refractivity contribution < 1.29 is 23.5 Å². The van der Waals surface area contributed by atoms with Crippen molar-refractivity contribution in [2.75, 3.05) is 6.61 Å². The third-order valence-corrected chi connectivity index (χ3v) is 5.15. The third-order valence-electron chi connectivity index (χ3n) is 5.15. The van der Waals surface area contributed by atoms with E-state index in [1.807, 2.05) is 49.4 Å². The number of nitrogens with zero attached hydrogens (tertiary/aromatic N) is 2. The van der Waals surface area contributed by atoms with E-state index in [4.69, 9.17) is 13.9 Å². The Hall–Kier alpha value is -3.87. The summed E-state index contributed by atoms with van der Waals surface area (Å²) in [4.78, 5) is 25.2. The molecule has 0 aliphatic carbocycles. The number of esters is 1. The predicted octanol–water partition coefficient (Wildman–Crippen LogP) is 4.28. The summed E-state index contributed by atoms with van der Waals surface area (Å²) in [6.45, 7) is 3.15. The molecule has 2 unspecified atom stereocenters. The van der Waals surface area contributed by atoms with Gasteiger partial charge in [-0.3, -0.25) is 4.79 Å². The van der Waals surface area contributed by atoms with Crippen molar-refractivity contribution in [2.24, 2.45) is 5.10 Å². The topological polar surface area (TPSA) is 81.3 Å². The van der Waals surface area contributed by atoms with Crippen molar-refractivity contribution in [3.63, 3.8) is 0 Å². The van der Waals surface area contributed by atoms with E-state index in [1.165, 1.54) is 5.01 Å². The minimum absolute atomic E-state index is 0.398. The first-order valence-electron chi connectivity index (χ1n) is 10.4. The van der Waals surface area contributed by atoms with E-state index in [0.29, 0.717) is 17.9 Å². The Labute approximate surface area is 186 Å². The molecule has 1 aliphatic rings. The maximum absolute atomic E-state index is 12.9. The molecule has 0 saturated carbocycles. The summed E-state index contributed by atoms with van der Waals surface area (Å²) in [5.41, 5.74) is 2.85. The van der Waals surface area contributed by atoms with E-state index in [-0.39, 0.29) is 0 Å². The van der Waals surface area contributed by atoms with Gasteiger partial charge in [-0.15, -0.1) is 0 Å². The van der Waals surface area contributed by atoms with E-state index in [9.17, 15) is 9.59 Å². The third kappa shape index (κ3) is 4.88. The standard InChI is InChI=1S/C25H24N2O5/c1-17-10-12-19(13-11-17)21-15-22(23-9-6-14-30-23)27(26-21)24(28)16-31-25(29)18(2)32-20-7-4-3-5-8-20/h3-14,18,22H,15-16H2,1-2H3. The van der Waals surface area contributed by atoms with E-state index >= 15 is 0 Å². The van der Waals surface area contributed by atoms with Gasteiger partial charge in [0.05, 0.1) is 12.0 Å². The summed E-state index contributed by atoms with van der Waals surface area (Å²) in [5, 5.41) is 5.87. The smallest absolute Gasteiger partial charge is 0.347 e. The van der Waals surface area contributed by atoms with Gasteiger partial charge in [0.2, 0.25) is 0 Å². The van der Waals surface area contributed by atoms with Crippen molar-refractivity contribution in [2.45, 2.75) is 32.4 Å². The van der Waals surface area contributed by atoms with Crippen molar-refractivity contribution >= 4 is 17.6 Å². The molecule has 1 amide bonds. The number of hydrogen-bond acceptors (Lipinski definition) is 6. The lowest BCUT2D eigenvalue weighted by atomic mass is 10.0. The van der Waals surface area contributed by atoms with Gasteiger partial charge in [0.1, 0.15) is 17.6 Å². The van der Waals surface area contributed by atoms with Crippen LogP contribution in [0.5, 0.6) is 5.75 Å². The molecular formula is C25H24N2O5. The van der Waals surface area contributed by atoms with Crippen LogP contribution in [0.1, 0.15) is 36.3 Å². The van der Waals surface area contributed by atoms with Crippen LogP contribution in [0, 0.1) is 6.92 Å². The molecular weight excluding hydrogens is 408 g/mol. The molecule has 1 aliphatic heterocycles. The Morgan fingerprint density at radius 1 is 1.09 bits per heavy atom. The molecule has 2 atom stereocenters. The quantitative estimate of drug-likeness (QED) is 0.521. The fourth-order valence-corrected chi connectivity index (χ4v) is 3.43. The zero-order valence-electron chi connectivity index (χ0n) is 17.9. The minimum atomic E-state index is -0.851. The number of carbonyl (C=O) groups excluding carboxylic acids is 2. The van der Waals surface area contributed by atoms with Crippen LogP contribution in [0.2, 0.25) is 0 Å². The number of hydrogen-bond donors (Lipinski definition) is 0. The summed E-state index contributed by atoms with van der Waals surface area (Å²) in [7, 11) is 0. The number of aryl methyl sites for hydroxylation is 1.